The first-order chi connectivity index (χ1) is 11.1. The number of rotatable bonds is 3. The topological polar surface area (TPSA) is 89.5 Å². The minimum absolute atomic E-state index is 0.0530. The molecule has 1 aromatic rings. The summed E-state index contributed by atoms with van der Waals surface area (Å²) < 4.78 is 30.6. The quantitative estimate of drug-likeness (QED) is 0.827. The van der Waals surface area contributed by atoms with Crippen molar-refractivity contribution in [3.63, 3.8) is 0 Å². The molecule has 2 heterocycles. The lowest BCUT2D eigenvalue weighted by Gasteiger charge is -2.36. The molecular formula is C16H25N3O4S. The molecule has 1 saturated heterocycles. The highest BCUT2D eigenvalue weighted by atomic mass is 32.2. The summed E-state index contributed by atoms with van der Waals surface area (Å²) in [6.45, 7) is 7.64. The largest absolute Gasteiger partial charge is 0.444 e. The van der Waals surface area contributed by atoms with Crippen LogP contribution in [0.2, 0.25) is 0 Å². The average Bonchev–Trinajstić information content (AvgIpc) is 2.46. The Balaban J connectivity index is 2.15. The maximum Gasteiger partial charge on any atom is 0.410 e. The van der Waals surface area contributed by atoms with E-state index in [2.05, 4.69) is 10.2 Å². The number of likely N-dealkylation sites (tertiary alicyclic amines) is 1. The zero-order valence-corrected chi connectivity index (χ0v) is 15.5. The molecule has 1 amide bonds. The highest BCUT2D eigenvalue weighted by Crippen LogP contribution is 2.23. The van der Waals surface area contributed by atoms with E-state index in [0.717, 1.165) is 12.8 Å². The second-order valence-electron chi connectivity index (χ2n) is 7.12. The summed E-state index contributed by atoms with van der Waals surface area (Å²) in [6.07, 6.45) is 1.91. The highest BCUT2D eigenvalue weighted by Gasteiger charge is 2.34. The van der Waals surface area contributed by atoms with E-state index in [-0.39, 0.29) is 10.8 Å². The molecule has 0 unspecified atom stereocenters. The van der Waals surface area contributed by atoms with Gasteiger partial charge in [0.15, 0.2) is 14.9 Å². The lowest BCUT2D eigenvalue weighted by atomic mass is 10.0. The van der Waals surface area contributed by atoms with Gasteiger partial charge in [-0.3, -0.25) is 0 Å². The van der Waals surface area contributed by atoms with Crippen molar-refractivity contribution >= 4 is 15.9 Å². The van der Waals surface area contributed by atoms with Crippen LogP contribution in [0.5, 0.6) is 0 Å². The second-order valence-corrected chi connectivity index (χ2v) is 9.10. The maximum absolute atomic E-state index is 12.6. The Morgan fingerprint density at radius 2 is 2.00 bits per heavy atom. The molecule has 0 spiro atoms. The van der Waals surface area contributed by atoms with Gasteiger partial charge in [0.1, 0.15) is 5.60 Å². The van der Waals surface area contributed by atoms with Crippen LogP contribution in [0, 0.1) is 6.92 Å². The van der Waals surface area contributed by atoms with E-state index in [1.165, 1.54) is 11.0 Å². The van der Waals surface area contributed by atoms with Gasteiger partial charge in [0, 0.05) is 12.6 Å². The van der Waals surface area contributed by atoms with E-state index in [9.17, 15) is 13.2 Å². The fourth-order valence-electron chi connectivity index (χ4n) is 2.63. The molecule has 0 bridgehead atoms. The number of hydrogen-bond donors (Lipinski definition) is 0. The number of amides is 1. The molecule has 0 aliphatic carbocycles. The number of aryl methyl sites for hydroxylation is 1. The van der Waals surface area contributed by atoms with E-state index < -0.39 is 27.6 Å². The van der Waals surface area contributed by atoms with Gasteiger partial charge in [0.25, 0.3) is 0 Å². The Bertz CT molecular complexity index is 680. The summed E-state index contributed by atoms with van der Waals surface area (Å²) in [5.74, 6) is -0.163. The Hall–Kier alpha value is -1.70. The van der Waals surface area contributed by atoms with Gasteiger partial charge in [-0.2, -0.15) is 5.10 Å². The van der Waals surface area contributed by atoms with E-state index in [4.69, 9.17) is 4.74 Å². The first-order valence-electron chi connectivity index (χ1n) is 8.11. The molecular weight excluding hydrogens is 330 g/mol. The van der Waals surface area contributed by atoms with Gasteiger partial charge in [0.05, 0.1) is 11.4 Å². The number of carbonyl (C=O) groups excluding carboxylic acids is 1. The van der Waals surface area contributed by atoms with Crippen molar-refractivity contribution in [2.24, 2.45) is 0 Å². The third kappa shape index (κ3) is 4.90. The predicted molar refractivity (Wildman–Crippen MR) is 89.4 cm³/mol. The maximum atomic E-state index is 12.6. The van der Waals surface area contributed by atoms with Crippen LogP contribution in [0.25, 0.3) is 0 Å². The monoisotopic (exact) mass is 355 g/mol. The van der Waals surface area contributed by atoms with Gasteiger partial charge in [-0.15, -0.1) is 5.10 Å². The van der Waals surface area contributed by atoms with E-state index in [0.29, 0.717) is 18.7 Å². The van der Waals surface area contributed by atoms with Crippen LogP contribution in [0.4, 0.5) is 4.79 Å². The predicted octanol–water partition coefficient (Wildman–Crippen LogP) is 2.35. The fourth-order valence-corrected chi connectivity index (χ4v) is 4.09. The van der Waals surface area contributed by atoms with Crippen molar-refractivity contribution < 1.29 is 17.9 Å². The smallest absolute Gasteiger partial charge is 0.410 e. The third-order valence-corrected chi connectivity index (χ3v) is 5.44. The van der Waals surface area contributed by atoms with Gasteiger partial charge in [-0.1, -0.05) is 0 Å². The molecule has 1 aliphatic rings. The molecule has 1 aromatic heterocycles. The molecule has 0 N–H and O–H groups in total. The van der Waals surface area contributed by atoms with Crippen LogP contribution in [-0.2, 0) is 14.6 Å². The van der Waals surface area contributed by atoms with Crippen molar-refractivity contribution in [3.05, 3.63) is 17.8 Å². The van der Waals surface area contributed by atoms with Crippen LogP contribution in [0.1, 0.15) is 45.7 Å². The minimum atomic E-state index is -3.61. The summed E-state index contributed by atoms with van der Waals surface area (Å²) in [5, 5.41) is 7.53. The summed E-state index contributed by atoms with van der Waals surface area (Å²) in [7, 11) is -3.61. The van der Waals surface area contributed by atoms with Crippen molar-refractivity contribution in [1.29, 1.82) is 0 Å². The number of nitrogens with zero attached hydrogens (tertiary/aromatic N) is 3. The number of ether oxygens (including phenoxy) is 1. The van der Waals surface area contributed by atoms with Crippen molar-refractivity contribution in [3.8, 4) is 0 Å². The number of piperidine rings is 1. The molecule has 0 saturated carbocycles. The molecule has 134 valence electrons. The zero-order valence-electron chi connectivity index (χ0n) is 14.7. The SMILES string of the molecule is Cc1ccc(S(=O)(=O)C[C@@H]2CCCCN2C(=O)OC(C)(C)C)nn1. The normalized spacial score (nSPS) is 19.2. The molecule has 0 radical (unpaired) electrons. The Morgan fingerprint density at radius 3 is 2.58 bits per heavy atom. The summed E-state index contributed by atoms with van der Waals surface area (Å²) in [4.78, 5) is 13.9. The van der Waals surface area contributed by atoms with Crippen LogP contribution < -0.4 is 0 Å². The minimum Gasteiger partial charge on any atom is -0.444 e. The van der Waals surface area contributed by atoms with Gasteiger partial charge in [0.2, 0.25) is 0 Å². The van der Waals surface area contributed by atoms with Crippen molar-refractivity contribution in [2.45, 2.75) is 63.6 Å². The third-order valence-electron chi connectivity index (χ3n) is 3.76. The lowest BCUT2D eigenvalue weighted by molar-refractivity contribution is 0.0124. The van der Waals surface area contributed by atoms with E-state index in [1.807, 2.05) is 0 Å². The Labute approximate surface area is 143 Å². The molecule has 7 nitrogen and oxygen atoms in total. The van der Waals surface area contributed by atoms with Crippen molar-refractivity contribution in [1.82, 2.24) is 15.1 Å². The van der Waals surface area contributed by atoms with Gasteiger partial charge < -0.3 is 9.64 Å². The van der Waals surface area contributed by atoms with Crippen LogP contribution in [-0.4, -0.2) is 53.5 Å². The molecule has 0 aromatic carbocycles. The van der Waals surface area contributed by atoms with Crippen LogP contribution >= 0.6 is 0 Å². The molecule has 24 heavy (non-hydrogen) atoms. The van der Waals surface area contributed by atoms with Crippen LogP contribution in [0.3, 0.4) is 0 Å². The molecule has 1 aliphatic heterocycles. The molecule has 8 heteroatoms. The fraction of sp³-hybridized carbons (Fsp3) is 0.688. The molecule has 2 rings (SSSR count). The second kappa shape index (κ2) is 7.04. The number of aromatic nitrogens is 2. The molecule has 1 atom stereocenters. The summed E-state index contributed by atoms with van der Waals surface area (Å²) >= 11 is 0. The van der Waals surface area contributed by atoms with Gasteiger partial charge in [-0.25, -0.2) is 13.2 Å². The van der Waals surface area contributed by atoms with Gasteiger partial charge >= 0.3 is 6.09 Å². The van der Waals surface area contributed by atoms with Crippen LogP contribution in [0.15, 0.2) is 17.2 Å². The zero-order chi connectivity index (χ0) is 18.0. The summed E-state index contributed by atoms with van der Waals surface area (Å²) in [6, 6.07) is 2.67. The Kier molecular flexibility index (Phi) is 5.47. The van der Waals surface area contributed by atoms with E-state index in [1.54, 1.807) is 33.8 Å². The first kappa shape index (κ1) is 18.6. The molecule has 1 fully saturated rings. The van der Waals surface area contributed by atoms with Gasteiger partial charge in [-0.05, 0) is 59.1 Å². The number of sulfone groups is 1. The number of hydrogen-bond acceptors (Lipinski definition) is 6. The average molecular weight is 355 g/mol. The van der Waals surface area contributed by atoms with Crippen molar-refractivity contribution in [2.75, 3.05) is 12.3 Å². The first-order valence-corrected chi connectivity index (χ1v) is 9.76. The standard InChI is InChI=1S/C16H25N3O4S/c1-12-8-9-14(18-17-12)24(21,22)11-13-7-5-6-10-19(13)15(20)23-16(2,3)4/h8-9,13H,5-7,10-11H2,1-4H3/t13-/m0/s1. The van der Waals surface area contributed by atoms with E-state index >= 15 is 0 Å². The summed E-state index contributed by atoms with van der Waals surface area (Å²) in [5.41, 5.74) is 0.0439. The lowest BCUT2D eigenvalue weighted by Crippen LogP contribution is -2.49. The highest BCUT2D eigenvalue weighted by molar-refractivity contribution is 7.91. The Morgan fingerprint density at radius 1 is 1.29 bits per heavy atom. The number of carbonyl (C=O) groups is 1.